The lowest BCUT2D eigenvalue weighted by Crippen LogP contribution is -2.36. The molecule has 318 valence electrons. The van der Waals surface area contributed by atoms with E-state index in [-0.39, 0.29) is 55.3 Å². The van der Waals surface area contributed by atoms with Gasteiger partial charge in [0.1, 0.15) is 23.0 Å². The predicted molar refractivity (Wildman–Crippen MR) is 245 cm³/mol. The molecule has 63 heavy (non-hydrogen) atoms. The summed E-state index contributed by atoms with van der Waals surface area (Å²) in [7, 11) is 2.01. The first-order valence-electron chi connectivity index (χ1n) is 20.3. The van der Waals surface area contributed by atoms with Crippen LogP contribution < -0.4 is 26.4 Å². The smallest absolute Gasteiger partial charge is 0.300 e. The van der Waals surface area contributed by atoms with Gasteiger partial charge in [-0.3, -0.25) is 19.4 Å². The summed E-state index contributed by atoms with van der Waals surface area (Å²) in [6.45, 7) is 4.30. The predicted octanol–water partition coefficient (Wildman–Crippen LogP) is 8.12. The summed E-state index contributed by atoms with van der Waals surface area (Å²) >= 11 is 6.72. The van der Waals surface area contributed by atoms with Gasteiger partial charge in [0.2, 0.25) is 5.91 Å². The second-order valence-corrected chi connectivity index (χ2v) is 15.4. The number of aromatic amines is 1. The third-order valence-corrected chi connectivity index (χ3v) is 11.1. The summed E-state index contributed by atoms with van der Waals surface area (Å²) < 4.78 is 8.12. The molecule has 0 saturated carbocycles. The summed E-state index contributed by atoms with van der Waals surface area (Å²) in [6, 6.07) is 27.6. The molecule has 0 unspecified atom stereocenters. The number of hydrogen-bond donors (Lipinski definition) is 6. The van der Waals surface area contributed by atoms with Crippen LogP contribution in [0.25, 0.3) is 55.3 Å². The number of nitrogen functional groups attached to an aromatic ring is 1. The SMILES string of the molecule is CCc1c(-c2ccc(C(=O)NCCNC(=O)CCNC(=O)c3cc(Oc4nc5cc(-c6ccc7c(ccn7C)c6)c(Cl)cc5[nH]4)ccc3C)nc2)cnc(N)c1-c1ccc(O)cc1. The van der Waals surface area contributed by atoms with E-state index >= 15 is 0 Å². The molecule has 8 rings (SSSR count). The molecule has 4 heterocycles. The molecular formula is C48H44ClN9O5. The number of hydrogen-bond acceptors (Lipinski definition) is 9. The molecule has 0 fully saturated rings. The van der Waals surface area contributed by atoms with Crippen LogP contribution in [0.5, 0.6) is 17.5 Å². The van der Waals surface area contributed by atoms with E-state index in [1.165, 1.54) is 0 Å². The number of anilines is 1. The van der Waals surface area contributed by atoms with Crippen LogP contribution in [-0.4, -0.2) is 67.0 Å². The number of carbonyl (C=O) groups excluding carboxylic acids is 3. The molecule has 0 atom stereocenters. The van der Waals surface area contributed by atoms with Crippen LogP contribution in [0, 0.1) is 6.92 Å². The Morgan fingerprint density at radius 2 is 1.59 bits per heavy atom. The molecule has 0 radical (unpaired) electrons. The minimum atomic E-state index is -0.392. The zero-order valence-corrected chi connectivity index (χ0v) is 35.5. The van der Waals surface area contributed by atoms with Crippen LogP contribution in [0.3, 0.4) is 0 Å². The van der Waals surface area contributed by atoms with Crippen LogP contribution in [0.2, 0.25) is 5.02 Å². The van der Waals surface area contributed by atoms with Crippen molar-refractivity contribution in [2.45, 2.75) is 26.7 Å². The van der Waals surface area contributed by atoms with Gasteiger partial charge in [-0.1, -0.05) is 48.9 Å². The van der Waals surface area contributed by atoms with E-state index in [0.717, 1.165) is 55.4 Å². The van der Waals surface area contributed by atoms with Gasteiger partial charge in [-0.25, -0.2) is 4.98 Å². The molecule has 15 heteroatoms. The van der Waals surface area contributed by atoms with E-state index in [1.54, 1.807) is 67.0 Å². The Morgan fingerprint density at radius 3 is 2.37 bits per heavy atom. The van der Waals surface area contributed by atoms with Crippen molar-refractivity contribution >= 4 is 57.1 Å². The number of nitrogens with zero attached hydrogens (tertiary/aromatic N) is 4. The minimum absolute atomic E-state index is 0.0366. The molecular weight excluding hydrogens is 818 g/mol. The number of aromatic nitrogens is 5. The number of phenols is 1. The largest absolute Gasteiger partial charge is 0.508 e. The van der Waals surface area contributed by atoms with Crippen molar-refractivity contribution in [3.05, 3.63) is 137 Å². The van der Waals surface area contributed by atoms with Gasteiger partial charge in [0, 0.05) is 90.4 Å². The Hall–Kier alpha value is -7.71. The lowest BCUT2D eigenvalue weighted by Gasteiger charge is -2.16. The van der Waals surface area contributed by atoms with Crippen molar-refractivity contribution < 1.29 is 24.2 Å². The molecule has 0 spiro atoms. The minimum Gasteiger partial charge on any atom is -0.508 e. The van der Waals surface area contributed by atoms with Gasteiger partial charge in [0.05, 0.1) is 16.1 Å². The Morgan fingerprint density at radius 1 is 0.825 bits per heavy atom. The summed E-state index contributed by atoms with van der Waals surface area (Å²) in [5, 5.41) is 19.8. The first-order chi connectivity index (χ1) is 30.4. The molecule has 0 aliphatic heterocycles. The number of carbonyl (C=O) groups is 3. The number of H-pyrrole nitrogens is 1. The number of rotatable bonds is 14. The molecule has 0 aliphatic rings. The molecule has 0 aliphatic carbocycles. The molecule has 7 N–H and O–H groups in total. The fraction of sp³-hybridized carbons (Fsp3) is 0.167. The lowest BCUT2D eigenvalue weighted by molar-refractivity contribution is -0.120. The van der Waals surface area contributed by atoms with Crippen molar-refractivity contribution in [1.29, 1.82) is 0 Å². The number of amides is 3. The van der Waals surface area contributed by atoms with Gasteiger partial charge in [0.25, 0.3) is 17.8 Å². The van der Waals surface area contributed by atoms with Gasteiger partial charge < -0.3 is 41.1 Å². The molecule has 4 aromatic carbocycles. The molecule has 4 aromatic heterocycles. The monoisotopic (exact) mass is 861 g/mol. The van der Waals surface area contributed by atoms with Crippen LogP contribution >= 0.6 is 11.6 Å². The van der Waals surface area contributed by atoms with Gasteiger partial charge in [-0.2, -0.15) is 4.98 Å². The number of pyridine rings is 2. The Balaban J connectivity index is 0.800. The van der Waals surface area contributed by atoms with Gasteiger partial charge in [-0.05, 0) is 96.3 Å². The maximum absolute atomic E-state index is 13.2. The number of benzene rings is 4. The Kier molecular flexibility index (Phi) is 12.1. The van der Waals surface area contributed by atoms with Gasteiger partial charge >= 0.3 is 0 Å². The first-order valence-corrected chi connectivity index (χ1v) is 20.7. The molecule has 8 aromatic rings. The highest BCUT2D eigenvalue weighted by Crippen LogP contribution is 2.37. The third kappa shape index (κ3) is 9.16. The van der Waals surface area contributed by atoms with Gasteiger partial charge in [0.15, 0.2) is 0 Å². The second kappa shape index (κ2) is 18.1. The number of phenolic OH excluding ortho intramolecular Hbond substituents is 1. The highest BCUT2D eigenvalue weighted by atomic mass is 35.5. The number of aromatic hydroxyl groups is 1. The van der Waals surface area contributed by atoms with Crippen molar-refractivity contribution in [2.75, 3.05) is 25.4 Å². The molecule has 0 bridgehead atoms. The van der Waals surface area contributed by atoms with Crippen molar-refractivity contribution in [1.82, 2.24) is 40.5 Å². The quantitative estimate of drug-likeness (QED) is 0.0584. The molecule has 0 saturated heterocycles. The van der Waals surface area contributed by atoms with E-state index < -0.39 is 5.91 Å². The molecule has 3 amide bonds. The molecule has 14 nitrogen and oxygen atoms in total. The highest BCUT2D eigenvalue weighted by molar-refractivity contribution is 6.34. The van der Waals surface area contributed by atoms with E-state index in [4.69, 9.17) is 22.1 Å². The number of nitrogens with one attached hydrogen (secondary N) is 4. The van der Waals surface area contributed by atoms with Gasteiger partial charge in [-0.15, -0.1) is 0 Å². The standard InChI is InChI=1S/C48H44ClN9O5/c1-4-34-37(26-55-45(50)44(34)28-6-10-32(59)11-7-28)31-8-13-39(54-25-31)47(62)53-19-18-51-43(60)15-17-52-46(61)35-22-33(12-5-27(35)2)63-48-56-40-23-36(38(49)24-41(40)57-48)29-9-14-42-30(21-29)16-20-58(42)3/h5-14,16,20-26,59H,4,15,17-19H2,1-3H3,(H2,50,55)(H,51,60)(H,52,61)(H,53,62)(H,56,57). The number of imidazole rings is 1. The maximum atomic E-state index is 13.2. The summed E-state index contributed by atoms with van der Waals surface area (Å²) in [6.07, 6.45) is 6.03. The normalized spacial score (nSPS) is 11.2. The Bertz CT molecular complexity index is 3020. The fourth-order valence-corrected chi connectivity index (χ4v) is 7.78. The zero-order valence-electron chi connectivity index (χ0n) is 34.8. The van der Waals surface area contributed by atoms with Crippen LogP contribution in [0.1, 0.15) is 45.3 Å². The highest BCUT2D eigenvalue weighted by Gasteiger charge is 2.18. The number of aryl methyl sites for hydroxylation is 2. The third-order valence-electron chi connectivity index (χ3n) is 10.8. The van der Waals surface area contributed by atoms with E-state index in [2.05, 4.69) is 58.7 Å². The summed E-state index contributed by atoms with van der Waals surface area (Å²) in [5.74, 6) is -0.0967. The first kappa shape index (κ1) is 42.0. The second-order valence-electron chi connectivity index (χ2n) is 15.0. The Labute approximate surface area is 367 Å². The van der Waals surface area contributed by atoms with Crippen LogP contribution in [0.4, 0.5) is 5.82 Å². The van der Waals surface area contributed by atoms with Crippen LogP contribution in [0.15, 0.2) is 110 Å². The fourth-order valence-electron chi connectivity index (χ4n) is 7.51. The number of halogens is 1. The summed E-state index contributed by atoms with van der Waals surface area (Å²) in [5.41, 5.74) is 16.1. The average molecular weight is 862 g/mol. The summed E-state index contributed by atoms with van der Waals surface area (Å²) in [4.78, 5) is 55.2. The van der Waals surface area contributed by atoms with E-state index in [1.807, 2.05) is 45.3 Å². The van der Waals surface area contributed by atoms with Crippen LogP contribution in [-0.2, 0) is 18.3 Å². The average Bonchev–Trinajstić information content (AvgIpc) is 3.86. The lowest BCUT2D eigenvalue weighted by atomic mass is 9.92. The van der Waals surface area contributed by atoms with Crippen molar-refractivity contribution in [3.63, 3.8) is 0 Å². The van der Waals surface area contributed by atoms with Crippen molar-refractivity contribution in [2.24, 2.45) is 7.05 Å². The van der Waals surface area contributed by atoms with E-state index in [0.29, 0.717) is 39.6 Å². The topological polar surface area (TPSA) is 202 Å². The zero-order chi connectivity index (χ0) is 44.2. The number of ether oxygens (including phenoxy) is 1. The number of fused-ring (bicyclic) bond motifs is 2. The maximum Gasteiger partial charge on any atom is 0.300 e. The van der Waals surface area contributed by atoms with E-state index in [9.17, 15) is 19.5 Å². The number of nitrogens with two attached hydrogens (primary N) is 1. The van der Waals surface area contributed by atoms with Crippen molar-refractivity contribution in [3.8, 4) is 50.9 Å².